The first-order chi connectivity index (χ1) is 7.27. The number of likely N-dealkylation sites (tertiary alicyclic amines) is 1. The number of piperidine rings is 1. The van der Waals surface area contributed by atoms with Crippen molar-refractivity contribution in [2.24, 2.45) is 0 Å². The number of hydrogen-bond acceptors (Lipinski definition) is 3. The number of methoxy groups -OCH3 is 1. The van der Waals surface area contributed by atoms with E-state index in [-0.39, 0.29) is 12.0 Å². The molecular formula is C11H21NO3. The van der Waals surface area contributed by atoms with Crippen LogP contribution in [0.1, 0.15) is 32.6 Å². The minimum absolute atomic E-state index is 0.152. The molecular weight excluding hydrogens is 194 g/mol. The van der Waals surface area contributed by atoms with Gasteiger partial charge in [-0.3, -0.25) is 4.79 Å². The predicted molar refractivity (Wildman–Crippen MR) is 57.5 cm³/mol. The van der Waals surface area contributed by atoms with E-state index in [0.717, 1.165) is 32.4 Å². The topological polar surface area (TPSA) is 38.8 Å². The first-order valence-electron chi connectivity index (χ1n) is 5.66. The largest absolute Gasteiger partial charge is 0.359 e. The molecule has 0 aliphatic carbocycles. The van der Waals surface area contributed by atoms with Gasteiger partial charge in [-0.05, 0) is 12.8 Å². The molecule has 1 rings (SSSR count). The lowest BCUT2D eigenvalue weighted by atomic mass is 10.1. The number of carbonyl (C=O) groups is 1. The Balaban J connectivity index is 2.31. The number of ether oxygens (including phenoxy) is 2. The number of rotatable bonds is 6. The van der Waals surface area contributed by atoms with Crippen molar-refractivity contribution in [3.63, 3.8) is 0 Å². The standard InChI is InChI=1S/C11H21NO3/c1-3-4-7-12-8-10(15-9-14-2)5-6-11(12)13/h10H,3-9H2,1-2H3. The Bertz CT molecular complexity index is 196. The Labute approximate surface area is 91.5 Å². The van der Waals surface area contributed by atoms with E-state index in [1.54, 1.807) is 7.11 Å². The van der Waals surface area contributed by atoms with Crippen LogP contribution in [-0.4, -0.2) is 43.9 Å². The van der Waals surface area contributed by atoms with Crippen molar-refractivity contribution < 1.29 is 14.3 Å². The maximum atomic E-state index is 11.6. The Morgan fingerprint density at radius 3 is 3.00 bits per heavy atom. The van der Waals surface area contributed by atoms with Gasteiger partial charge >= 0.3 is 0 Å². The minimum Gasteiger partial charge on any atom is -0.359 e. The van der Waals surface area contributed by atoms with Crippen LogP contribution in [0.3, 0.4) is 0 Å². The van der Waals surface area contributed by atoms with E-state index >= 15 is 0 Å². The van der Waals surface area contributed by atoms with Crippen LogP contribution >= 0.6 is 0 Å². The fourth-order valence-electron chi connectivity index (χ4n) is 1.75. The number of hydrogen-bond donors (Lipinski definition) is 0. The van der Waals surface area contributed by atoms with Gasteiger partial charge in [0.05, 0.1) is 6.10 Å². The molecule has 1 amide bonds. The summed E-state index contributed by atoms with van der Waals surface area (Å²) >= 11 is 0. The van der Waals surface area contributed by atoms with E-state index in [4.69, 9.17) is 9.47 Å². The fraction of sp³-hybridized carbons (Fsp3) is 0.909. The van der Waals surface area contributed by atoms with E-state index in [1.165, 1.54) is 0 Å². The van der Waals surface area contributed by atoms with Gasteiger partial charge in [-0.2, -0.15) is 0 Å². The molecule has 88 valence electrons. The molecule has 0 spiro atoms. The second-order valence-electron chi connectivity index (χ2n) is 3.93. The molecule has 0 aromatic carbocycles. The summed E-state index contributed by atoms with van der Waals surface area (Å²) < 4.78 is 10.3. The zero-order chi connectivity index (χ0) is 11.1. The molecule has 1 unspecified atom stereocenters. The quantitative estimate of drug-likeness (QED) is 0.629. The van der Waals surface area contributed by atoms with Crippen LogP contribution in [0.15, 0.2) is 0 Å². The summed E-state index contributed by atoms with van der Waals surface area (Å²) in [5, 5.41) is 0. The van der Waals surface area contributed by atoms with Crippen molar-refractivity contribution in [2.45, 2.75) is 38.7 Å². The first-order valence-corrected chi connectivity index (χ1v) is 5.66. The smallest absolute Gasteiger partial charge is 0.222 e. The summed E-state index contributed by atoms with van der Waals surface area (Å²) in [6.07, 6.45) is 3.78. The molecule has 1 saturated heterocycles. The molecule has 4 heteroatoms. The lowest BCUT2D eigenvalue weighted by Gasteiger charge is -2.32. The summed E-state index contributed by atoms with van der Waals surface area (Å²) in [6, 6.07) is 0. The van der Waals surface area contributed by atoms with E-state index in [2.05, 4.69) is 6.92 Å². The summed E-state index contributed by atoms with van der Waals surface area (Å²) in [5.41, 5.74) is 0. The maximum Gasteiger partial charge on any atom is 0.222 e. The average molecular weight is 215 g/mol. The number of nitrogens with zero attached hydrogens (tertiary/aromatic N) is 1. The zero-order valence-corrected chi connectivity index (χ0v) is 9.70. The Morgan fingerprint density at radius 2 is 2.33 bits per heavy atom. The fourth-order valence-corrected chi connectivity index (χ4v) is 1.75. The van der Waals surface area contributed by atoms with Gasteiger partial charge in [-0.25, -0.2) is 0 Å². The monoisotopic (exact) mass is 215 g/mol. The lowest BCUT2D eigenvalue weighted by Crippen LogP contribution is -2.44. The predicted octanol–water partition coefficient (Wildman–Crippen LogP) is 1.40. The second-order valence-corrected chi connectivity index (χ2v) is 3.93. The van der Waals surface area contributed by atoms with Crippen LogP contribution < -0.4 is 0 Å². The molecule has 1 fully saturated rings. The molecule has 1 atom stereocenters. The van der Waals surface area contributed by atoms with Crippen molar-refractivity contribution in [1.29, 1.82) is 0 Å². The summed E-state index contributed by atoms with van der Waals surface area (Å²) in [4.78, 5) is 13.5. The Morgan fingerprint density at radius 1 is 1.53 bits per heavy atom. The van der Waals surface area contributed by atoms with E-state index in [1.807, 2.05) is 4.90 Å². The minimum atomic E-state index is 0.152. The lowest BCUT2D eigenvalue weighted by molar-refractivity contribution is -0.143. The number of carbonyl (C=O) groups excluding carboxylic acids is 1. The highest BCUT2D eigenvalue weighted by Crippen LogP contribution is 2.15. The molecule has 1 heterocycles. The van der Waals surface area contributed by atoms with E-state index < -0.39 is 0 Å². The van der Waals surface area contributed by atoms with Gasteiger partial charge in [0.15, 0.2) is 0 Å². The van der Waals surface area contributed by atoms with Gasteiger partial charge in [-0.15, -0.1) is 0 Å². The average Bonchev–Trinajstić information content (AvgIpc) is 2.26. The second kappa shape index (κ2) is 6.80. The van der Waals surface area contributed by atoms with Crippen LogP contribution in [0.5, 0.6) is 0 Å². The Hall–Kier alpha value is -0.610. The summed E-state index contributed by atoms with van der Waals surface area (Å²) in [7, 11) is 1.61. The van der Waals surface area contributed by atoms with Crippen LogP contribution in [0.4, 0.5) is 0 Å². The highest BCUT2D eigenvalue weighted by Gasteiger charge is 2.25. The van der Waals surface area contributed by atoms with Crippen molar-refractivity contribution in [2.75, 3.05) is 27.0 Å². The molecule has 0 saturated carbocycles. The first kappa shape index (κ1) is 12.5. The molecule has 1 aliphatic heterocycles. The molecule has 0 aromatic heterocycles. The van der Waals surface area contributed by atoms with Crippen molar-refractivity contribution in [3.05, 3.63) is 0 Å². The summed E-state index contributed by atoms with van der Waals surface area (Å²) in [5.74, 6) is 0.265. The van der Waals surface area contributed by atoms with Crippen molar-refractivity contribution in [1.82, 2.24) is 4.90 Å². The van der Waals surface area contributed by atoms with Crippen molar-refractivity contribution in [3.8, 4) is 0 Å². The molecule has 0 aromatic rings. The highest BCUT2D eigenvalue weighted by molar-refractivity contribution is 5.77. The molecule has 4 nitrogen and oxygen atoms in total. The molecule has 0 bridgehead atoms. The molecule has 0 radical (unpaired) electrons. The van der Waals surface area contributed by atoms with Gasteiger partial charge < -0.3 is 14.4 Å². The zero-order valence-electron chi connectivity index (χ0n) is 9.70. The van der Waals surface area contributed by atoms with Gasteiger partial charge in [0.25, 0.3) is 0 Å². The normalized spacial score (nSPS) is 22.1. The van der Waals surface area contributed by atoms with Gasteiger partial charge in [0.2, 0.25) is 5.91 Å². The van der Waals surface area contributed by atoms with Crippen molar-refractivity contribution >= 4 is 5.91 Å². The highest BCUT2D eigenvalue weighted by atomic mass is 16.7. The van der Waals surface area contributed by atoms with Crippen LogP contribution in [0, 0.1) is 0 Å². The number of unbranched alkanes of at least 4 members (excludes halogenated alkanes) is 1. The third-order valence-electron chi connectivity index (χ3n) is 2.66. The molecule has 0 N–H and O–H groups in total. The maximum absolute atomic E-state index is 11.6. The SMILES string of the molecule is CCCCN1CC(OCOC)CCC1=O. The molecule has 1 aliphatic rings. The van der Waals surface area contributed by atoms with Crippen LogP contribution in [0.2, 0.25) is 0 Å². The van der Waals surface area contributed by atoms with E-state index in [0.29, 0.717) is 13.2 Å². The third-order valence-corrected chi connectivity index (χ3v) is 2.66. The Kier molecular flexibility index (Phi) is 5.65. The third kappa shape index (κ3) is 4.18. The van der Waals surface area contributed by atoms with Gasteiger partial charge in [0.1, 0.15) is 6.79 Å². The number of amides is 1. The van der Waals surface area contributed by atoms with Crippen LogP contribution in [-0.2, 0) is 14.3 Å². The van der Waals surface area contributed by atoms with Gasteiger partial charge in [-0.1, -0.05) is 13.3 Å². The van der Waals surface area contributed by atoms with Gasteiger partial charge in [0, 0.05) is 26.6 Å². The van der Waals surface area contributed by atoms with Crippen LogP contribution in [0.25, 0.3) is 0 Å². The molecule has 15 heavy (non-hydrogen) atoms. The van der Waals surface area contributed by atoms with E-state index in [9.17, 15) is 4.79 Å². The summed E-state index contributed by atoms with van der Waals surface area (Å²) in [6.45, 7) is 4.04.